The van der Waals surface area contributed by atoms with Crippen molar-refractivity contribution >= 4 is 29.0 Å². The Kier molecular flexibility index (Phi) is 4.09. The Hall–Kier alpha value is -2.53. The van der Waals surface area contributed by atoms with Crippen molar-refractivity contribution in [3.8, 4) is 11.5 Å². The van der Waals surface area contributed by atoms with Crippen LogP contribution in [0.5, 0.6) is 11.5 Å². The molecular weight excluding hydrogens is 342 g/mol. The van der Waals surface area contributed by atoms with Crippen LogP contribution in [0.15, 0.2) is 36.4 Å². The van der Waals surface area contributed by atoms with Crippen LogP contribution in [0.25, 0.3) is 0 Å². The molecule has 1 heterocycles. The molecule has 1 aliphatic heterocycles. The first-order valence-corrected chi connectivity index (χ1v) is 8.54. The average molecular weight is 358 g/mol. The van der Waals surface area contributed by atoms with Gasteiger partial charge in [0.2, 0.25) is 5.91 Å². The number of halogens is 1. The number of rotatable bonds is 4. The second-order valence-corrected chi connectivity index (χ2v) is 6.58. The molecular formula is C19H16ClNO4. The topological polar surface area (TPSA) is 64.6 Å². The van der Waals surface area contributed by atoms with E-state index in [1.165, 1.54) is 0 Å². The molecule has 1 aliphatic carbocycles. The van der Waals surface area contributed by atoms with Crippen molar-refractivity contribution in [1.82, 2.24) is 0 Å². The molecule has 2 aromatic carbocycles. The number of carbonyl (C=O) groups excluding carboxylic acids is 2. The Morgan fingerprint density at radius 1 is 1.00 bits per heavy atom. The maximum absolute atomic E-state index is 12.9. The summed E-state index contributed by atoms with van der Waals surface area (Å²) in [4.78, 5) is 25.1. The Bertz CT molecular complexity index is 843. The van der Waals surface area contributed by atoms with Gasteiger partial charge in [0.05, 0.1) is 11.3 Å². The molecule has 1 saturated carbocycles. The number of ether oxygens (including phenoxy) is 2. The minimum absolute atomic E-state index is 0.0340. The first-order chi connectivity index (χ1) is 12.1. The molecule has 0 bridgehead atoms. The molecule has 0 unspecified atom stereocenters. The van der Waals surface area contributed by atoms with Gasteiger partial charge >= 0.3 is 0 Å². The summed E-state index contributed by atoms with van der Waals surface area (Å²) in [5.41, 5.74) is 1.31. The molecule has 0 saturated heterocycles. The number of benzene rings is 2. The van der Waals surface area contributed by atoms with Crippen molar-refractivity contribution < 1.29 is 19.1 Å². The fourth-order valence-corrected chi connectivity index (χ4v) is 2.84. The van der Waals surface area contributed by atoms with Crippen LogP contribution < -0.4 is 14.8 Å². The van der Waals surface area contributed by atoms with Gasteiger partial charge in [0.1, 0.15) is 13.2 Å². The van der Waals surface area contributed by atoms with Gasteiger partial charge in [-0.3, -0.25) is 9.59 Å². The molecule has 2 aromatic rings. The lowest BCUT2D eigenvalue weighted by atomic mass is 10.0. The van der Waals surface area contributed by atoms with Gasteiger partial charge in [-0.05, 0) is 43.2 Å². The van der Waals surface area contributed by atoms with Crippen molar-refractivity contribution in [2.75, 3.05) is 18.5 Å². The number of hydrogen-bond donors (Lipinski definition) is 1. The van der Waals surface area contributed by atoms with E-state index in [9.17, 15) is 9.59 Å². The van der Waals surface area contributed by atoms with E-state index in [-0.39, 0.29) is 17.6 Å². The molecule has 2 aliphatic rings. The SMILES string of the molecule is O=C(c1ccc(Cl)cc1)c1cc2c(cc1NC(=O)C1CC1)OCCO2. The fraction of sp³-hybridized carbons (Fsp3) is 0.263. The minimum Gasteiger partial charge on any atom is -0.486 e. The first kappa shape index (κ1) is 16.0. The highest BCUT2D eigenvalue weighted by Gasteiger charge is 2.31. The number of amides is 1. The van der Waals surface area contributed by atoms with Gasteiger partial charge in [-0.2, -0.15) is 0 Å². The summed E-state index contributed by atoms with van der Waals surface area (Å²) in [6, 6.07) is 9.94. The maximum Gasteiger partial charge on any atom is 0.227 e. The van der Waals surface area contributed by atoms with Gasteiger partial charge in [0, 0.05) is 22.6 Å². The molecule has 0 spiro atoms. The number of nitrogens with one attached hydrogen (secondary N) is 1. The van der Waals surface area contributed by atoms with E-state index < -0.39 is 0 Å². The first-order valence-electron chi connectivity index (χ1n) is 8.16. The third kappa shape index (κ3) is 3.33. The zero-order valence-electron chi connectivity index (χ0n) is 13.4. The third-order valence-corrected chi connectivity index (χ3v) is 4.49. The van der Waals surface area contributed by atoms with Crippen molar-refractivity contribution in [3.05, 3.63) is 52.5 Å². The van der Waals surface area contributed by atoms with Crippen molar-refractivity contribution in [2.45, 2.75) is 12.8 Å². The van der Waals surface area contributed by atoms with Crippen LogP contribution in [0.2, 0.25) is 5.02 Å². The van der Waals surface area contributed by atoms with E-state index >= 15 is 0 Å². The molecule has 0 radical (unpaired) electrons. The molecule has 128 valence electrons. The van der Waals surface area contributed by atoms with Gasteiger partial charge in [-0.1, -0.05) is 11.6 Å². The smallest absolute Gasteiger partial charge is 0.227 e. The summed E-state index contributed by atoms with van der Waals surface area (Å²) in [5, 5.41) is 3.42. The van der Waals surface area contributed by atoms with E-state index in [4.69, 9.17) is 21.1 Å². The molecule has 0 atom stereocenters. The van der Waals surface area contributed by atoms with Gasteiger partial charge in [0.25, 0.3) is 0 Å². The largest absolute Gasteiger partial charge is 0.486 e. The quantitative estimate of drug-likeness (QED) is 0.847. The van der Waals surface area contributed by atoms with Gasteiger partial charge in [0.15, 0.2) is 17.3 Å². The summed E-state index contributed by atoms with van der Waals surface area (Å²) >= 11 is 5.89. The lowest BCUT2D eigenvalue weighted by molar-refractivity contribution is -0.117. The highest BCUT2D eigenvalue weighted by molar-refractivity contribution is 6.30. The number of fused-ring (bicyclic) bond motifs is 1. The Morgan fingerprint density at radius 2 is 1.64 bits per heavy atom. The van der Waals surface area contributed by atoms with Crippen LogP contribution in [0.4, 0.5) is 5.69 Å². The normalized spacial score (nSPS) is 15.6. The lowest BCUT2D eigenvalue weighted by Crippen LogP contribution is -2.19. The van der Waals surface area contributed by atoms with Gasteiger partial charge in [-0.15, -0.1) is 0 Å². The second-order valence-electron chi connectivity index (χ2n) is 6.14. The van der Waals surface area contributed by atoms with Crippen molar-refractivity contribution in [1.29, 1.82) is 0 Å². The van der Waals surface area contributed by atoms with E-state index in [2.05, 4.69) is 5.32 Å². The predicted molar refractivity (Wildman–Crippen MR) is 93.7 cm³/mol. The zero-order valence-corrected chi connectivity index (χ0v) is 14.1. The maximum atomic E-state index is 12.9. The molecule has 6 heteroatoms. The predicted octanol–water partition coefficient (Wildman–Crippen LogP) is 3.69. The number of anilines is 1. The van der Waals surface area contributed by atoms with E-state index in [0.717, 1.165) is 12.8 Å². The molecule has 0 aromatic heterocycles. The highest BCUT2D eigenvalue weighted by atomic mass is 35.5. The summed E-state index contributed by atoms with van der Waals surface area (Å²) < 4.78 is 11.2. The third-order valence-electron chi connectivity index (χ3n) is 4.24. The second kappa shape index (κ2) is 6.41. The number of carbonyl (C=O) groups is 2. The Balaban J connectivity index is 1.73. The zero-order chi connectivity index (χ0) is 17.4. The Morgan fingerprint density at radius 3 is 2.28 bits per heavy atom. The van der Waals surface area contributed by atoms with Gasteiger partial charge < -0.3 is 14.8 Å². The van der Waals surface area contributed by atoms with Crippen molar-refractivity contribution in [2.24, 2.45) is 5.92 Å². The number of ketones is 1. The monoisotopic (exact) mass is 357 g/mol. The molecule has 1 fully saturated rings. The standard InChI is InChI=1S/C19H16ClNO4/c20-13-5-3-11(4-6-13)18(22)14-9-16-17(25-8-7-24-16)10-15(14)21-19(23)12-1-2-12/h3-6,9-10,12H,1-2,7-8H2,(H,21,23). The van der Waals surface area contributed by atoms with Crippen LogP contribution in [0, 0.1) is 5.92 Å². The molecule has 5 nitrogen and oxygen atoms in total. The molecule has 1 amide bonds. The van der Waals surface area contributed by atoms with Crippen LogP contribution >= 0.6 is 11.6 Å². The van der Waals surface area contributed by atoms with Crippen LogP contribution in [0.1, 0.15) is 28.8 Å². The average Bonchev–Trinajstić information content (AvgIpc) is 3.46. The van der Waals surface area contributed by atoms with Crippen LogP contribution in [-0.2, 0) is 4.79 Å². The minimum atomic E-state index is -0.209. The highest BCUT2D eigenvalue weighted by Crippen LogP contribution is 2.38. The molecule has 1 N–H and O–H groups in total. The molecule has 4 rings (SSSR count). The van der Waals surface area contributed by atoms with E-state index in [1.807, 2.05) is 0 Å². The molecule has 25 heavy (non-hydrogen) atoms. The lowest BCUT2D eigenvalue weighted by Gasteiger charge is -2.21. The van der Waals surface area contributed by atoms with E-state index in [0.29, 0.717) is 46.5 Å². The van der Waals surface area contributed by atoms with Crippen LogP contribution in [0.3, 0.4) is 0 Å². The summed E-state index contributed by atoms with van der Waals surface area (Å²) in [6.07, 6.45) is 1.77. The van der Waals surface area contributed by atoms with Crippen molar-refractivity contribution in [3.63, 3.8) is 0 Å². The summed E-state index contributed by atoms with van der Waals surface area (Å²) in [5.74, 6) is 0.797. The van der Waals surface area contributed by atoms with Crippen LogP contribution in [-0.4, -0.2) is 24.9 Å². The van der Waals surface area contributed by atoms with E-state index in [1.54, 1.807) is 36.4 Å². The Labute approximate surface area is 149 Å². The van der Waals surface area contributed by atoms with Gasteiger partial charge in [-0.25, -0.2) is 0 Å². The fourth-order valence-electron chi connectivity index (χ4n) is 2.72. The summed E-state index contributed by atoms with van der Waals surface area (Å²) in [7, 11) is 0. The number of hydrogen-bond acceptors (Lipinski definition) is 4. The summed E-state index contributed by atoms with van der Waals surface area (Å²) in [6.45, 7) is 0.864.